The van der Waals surface area contributed by atoms with Crippen LogP contribution < -0.4 is 0 Å². The van der Waals surface area contributed by atoms with E-state index in [0.717, 1.165) is 31.8 Å². The summed E-state index contributed by atoms with van der Waals surface area (Å²) in [5.41, 5.74) is 0. The van der Waals surface area contributed by atoms with E-state index in [1.807, 2.05) is 17.3 Å². The Bertz CT molecular complexity index is 739. The summed E-state index contributed by atoms with van der Waals surface area (Å²) < 4.78 is 2.22. The molecule has 1 aliphatic rings. The topological polar surface area (TPSA) is 55.2 Å². The third-order valence-electron chi connectivity index (χ3n) is 4.57. The van der Waals surface area contributed by atoms with Gasteiger partial charge < -0.3 is 9.47 Å². The predicted octanol–water partition coefficient (Wildman–Crippen LogP) is 3.75. The standard InChI is InChI=1S/C18H23N3O2S/c1-12(2)21-11-8-19-17(21)14-6-9-20(10-7-14)18(23)16-5-4-15(24-16)13(3)22/h4-5,8,11-12,14H,6-7,9-10H2,1-3H3. The summed E-state index contributed by atoms with van der Waals surface area (Å²) in [5.74, 6) is 1.59. The normalized spacial score (nSPS) is 15.9. The molecule has 1 aliphatic heterocycles. The molecule has 1 fully saturated rings. The molecule has 0 radical (unpaired) electrons. The summed E-state index contributed by atoms with van der Waals surface area (Å²) in [5, 5.41) is 0. The van der Waals surface area contributed by atoms with Crippen LogP contribution in [0.5, 0.6) is 0 Å². The third kappa shape index (κ3) is 3.29. The highest BCUT2D eigenvalue weighted by molar-refractivity contribution is 7.15. The second-order valence-corrected chi connectivity index (χ2v) is 7.66. The van der Waals surface area contributed by atoms with Gasteiger partial charge in [-0.25, -0.2) is 4.98 Å². The Hall–Kier alpha value is -1.95. The van der Waals surface area contributed by atoms with Crippen LogP contribution in [0.4, 0.5) is 0 Å². The first-order valence-corrected chi connectivity index (χ1v) is 9.21. The van der Waals surface area contributed by atoms with Gasteiger partial charge in [-0.3, -0.25) is 9.59 Å². The minimum Gasteiger partial charge on any atom is -0.338 e. The molecule has 128 valence electrons. The van der Waals surface area contributed by atoms with E-state index in [0.29, 0.717) is 21.7 Å². The zero-order valence-electron chi connectivity index (χ0n) is 14.4. The smallest absolute Gasteiger partial charge is 0.263 e. The number of likely N-dealkylation sites (tertiary alicyclic amines) is 1. The molecule has 3 rings (SSSR count). The fourth-order valence-corrected chi connectivity index (χ4v) is 4.09. The molecule has 5 nitrogen and oxygen atoms in total. The number of ketones is 1. The number of nitrogens with zero attached hydrogens (tertiary/aromatic N) is 3. The molecule has 0 unspecified atom stereocenters. The molecular formula is C18H23N3O2S. The van der Waals surface area contributed by atoms with Crippen molar-refractivity contribution in [2.24, 2.45) is 0 Å². The average molecular weight is 345 g/mol. The molecule has 0 atom stereocenters. The lowest BCUT2D eigenvalue weighted by Crippen LogP contribution is -2.38. The molecule has 0 saturated carbocycles. The van der Waals surface area contributed by atoms with Crippen LogP contribution in [-0.4, -0.2) is 39.2 Å². The number of amides is 1. The maximum absolute atomic E-state index is 12.6. The summed E-state index contributed by atoms with van der Waals surface area (Å²) in [4.78, 5) is 31.7. The van der Waals surface area contributed by atoms with Crippen molar-refractivity contribution >= 4 is 23.0 Å². The van der Waals surface area contributed by atoms with Crippen LogP contribution in [0.2, 0.25) is 0 Å². The van der Waals surface area contributed by atoms with E-state index in [1.54, 1.807) is 12.1 Å². The molecule has 1 saturated heterocycles. The van der Waals surface area contributed by atoms with E-state index in [-0.39, 0.29) is 11.7 Å². The first kappa shape index (κ1) is 16.9. The van der Waals surface area contributed by atoms with Gasteiger partial charge in [0, 0.05) is 37.4 Å². The number of Topliss-reactive ketones (excluding diaryl/α,β-unsaturated/α-hetero) is 1. The largest absolute Gasteiger partial charge is 0.338 e. The number of hydrogen-bond acceptors (Lipinski definition) is 4. The molecule has 0 aromatic carbocycles. The fourth-order valence-electron chi connectivity index (χ4n) is 3.22. The molecule has 0 N–H and O–H groups in total. The molecule has 2 aromatic heterocycles. The molecule has 3 heterocycles. The van der Waals surface area contributed by atoms with Gasteiger partial charge in [-0.15, -0.1) is 11.3 Å². The Balaban J connectivity index is 1.65. The van der Waals surface area contributed by atoms with E-state index >= 15 is 0 Å². The van der Waals surface area contributed by atoms with Crippen LogP contribution in [0.25, 0.3) is 0 Å². The monoisotopic (exact) mass is 345 g/mol. The van der Waals surface area contributed by atoms with Crippen LogP contribution in [0.1, 0.15) is 70.7 Å². The van der Waals surface area contributed by atoms with Crippen molar-refractivity contribution in [3.63, 3.8) is 0 Å². The Kier molecular flexibility index (Phi) is 4.85. The first-order chi connectivity index (χ1) is 11.5. The van der Waals surface area contributed by atoms with Crippen LogP contribution in [0, 0.1) is 0 Å². The Morgan fingerprint density at radius 1 is 1.21 bits per heavy atom. The van der Waals surface area contributed by atoms with E-state index in [4.69, 9.17) is 0 Å². The van der Waals surface area contributed by atoms with Crippen LogP contribution in [0.15, 0.2) is 24.5 Å². The lowest BCUT2D eigenvalue weighted by atomic mass is 9.95. The third-order valence-corrected chi connectivity index (χ3v) is 5.74. The lowest BCUT2D eigenvalue weighted by Gasteiger charge is -2.32. The highest BCUT2D eigenvalue weighted by Crippen LogP contribution is 2.30. The summed E-state index contributed by atoms with van der Waals surface area (Å²) >= 11 is 1.29. The number of thiophene rings is 1. The number of carbonyl (C=O) groups excluding carboxylic acids is 2. The van der Waals surface area contributed by atoms with Crippen molar-refractivity contribution in [1.29, 1.82) is 0 Å². The van der Waals surface area contributed by atoms with Gasteiger partial charge in [-0.1, -0.05) is 0 Å². The molecule has 0 aliphatic carbocycles. The Morgan fingerprint density at radius 2 is 1.88 bits per heavy atom. The Morgan fingerprint density at radius 3 is 2.46 bits per heavy atom. The number of piperidine rings is 1. The average Bonchev–Trinajstić information content (AvgIpc) is 3.23. The summed E-state index contributed by atoms with van der Waals surface area (Å²) in [6.07, 6.45) is 5.76. The highest BCUT2D eigenvalue weighted by atomic mass is 32.1. The number of aromatic nitrogens is 2. The van der Waals surface area contributed by atoms with Gasteiger partial charge in [0.25, 0.3) is 5.91 Å². The summed E-state index contributed by atoms with van der Waals surface area (Å²) in [7, 11) is 0. The van der Waals surface area contributed by atoms with Crippen molar-refractivity contribution in [2.45, 2.75) is 45.6 Å². The minimum atomic E-state index is 0.0123. The van der Waals surface area contributed by atoms with Crippen molar-refractivity contribution < 1.29 is 9.59 Å². The Labute approximate surface area is 146 Å². The van der Waals surface area contributed by atoms with E-state index in [9.17, 15) is 9.59 Å². The van der Waals surface area contributed by atoms with Crippen molar-refractivity contribution in [3.8, 4) is 0 Å². The molecule has 0 bridgehead atoms. The lowest BCUT2D eigenvalue weighted by molar-refractivity contribution is 0.0715. The number of carbonyl (C=O) groups is 2. The van der Waals surface area contributed by atoms with Gasteiger partial charge in [0.05, 0.1) is 9.75 Å². The molecule has 0 spiro atoms. The fraction of sp³-hybridized carbons (Fsp3) is 0.500. The van der Waals surface area contributed by atoms with Gasteiger partial charge in [0.15, 0.2) is 5.78 Å². The SMILES string of the molecule is CC(=O)c1ccc(C(=O)N2CCC(c3nccn3C(C)C)CC2)s1. The zero-order valence-corrected chi connectivity index (χ0v) is 15.2. The van der Waals surface area contributed by atoms with Crippen molar-refractivity contribution in [1.82, 2.24) is 14.5 Å². The van der Waals surface area contributed by atoms with E-state index in [2.05, 4.69) is 23.4 Å². The second-order valence-electron chi connectivity index (χ2n) is 6.57. The highest BCUT2D eigenvalue weighted by Gasteiger charge is 2.28. The van der Waals surface area contributed by atoms with Crippen molar-refractivity contribution in [3.05, 3.63) is 40.1 Å². The van der Waals surface area contributed by atoms with Gasteiger partial charge in [0.1, 0.15) is 5.82 Å². The quantitative estimate of drug-likeness (QED) is 0.793. The second kappa shape index (κ2) is 6.89. The molecule has 1 amide bonds. The molecule has 24 heavy (non-hydrogen) atoms. The summed E-state index contributed by atoms with van der Waals surface area (Å²) in [6, 6.07) is 3.91. The maximum Gasteiger partial charge on any atom is 0.263 e. The van der Waals surface area contributed by atoms with Crippen LogP contribution in [0.3, 0.4) is 0 Å². The number of hydrogen-bond donors (Lipinski definition) is 0. The minimum absolute atomic E-state index is 0.0123. The van der Waals surface area contributed by atoms with Crippen LogP contribution in [-0.2, 0) is 0 Å². The maximum atomic E-state index is 12.6. The zero-order chi connectivity index (χ0) is 17.3. The molecular weight excluding hydrogens is 322 g/mol. The number of rotatable bonds is 4. The molecule has 2 aromatic rings. The first-order valence-electron chi connectivity index (χ1n) is 8.40. The van der Waals surface area contributed by atoms with E-state index in [1.165, 1.54) is 18.3 Å². The van der Waals surface area contributed by atoms with Gasteiger partial charge in [0.2, 0.25) is 0 Å². The number of imidazole rings is 1. The van der Waals surface area contributed by atoms with Gasteiger partial charge in [-0.05, 0) is 45.7 Å². The summed E-state index contributed by atoms with van der Waals surface area (Å²) in [6.45, 7) is 7.33. The predicted molar refractivity (Wildman–Crippen MR) is 94.8 cm³/mol. The van der Waals surface area contributed by atoms with E-state index < -0.39 is 0 Å². The van der Waals surface area contributed by atoms with Crippen molar-refractivity contribution in [2.75, 3.05) is 13.1 Å². The van der Waals surface area contributed by atoms with Crippen LogP contribution >= 0.6 is 11.3 Å². The molecule has 6 heteroatoms. The van der Waals surface area contributed by atoms with Gasteiger partial charge >= 0.3 is 0 Å². The van der Waals surface area contributed by atoms with Gasteiger partial charge in [-0.2, -0.15) is 0 Å².